The number of hydrogen-bond acceptors (Lipinski definition) is 2. The van der Waals surface area contributed by atoms with Gasteiger partial charge < -0.3 is 4.74 Å². The lowest BCUT2D eigenvalue weighted by atomic mass is 10.1. The molecule has 0 heterocycles. The first-order valence-corrected chi connectivity index (χ1v) is 5.92. The molecule has 0 saturated heterocycles. The minimum absolute atomic E-state index is 0.230. The van der Waals surface area contributed by atoms with E-state index in [1.807, 2.05) is 18.2 Å². The molecule has 2 aromatic carbocycles. The van der Waals surface area contributed by atoms with Crippen LogP contribution in [0.25, 0.3) is 6.08 Å². The SMILES string of the molecule is COc1cc(F)c(C(=O)C=Cc2ccccc2)cc1F. The quantitative estimate of drug-likeness (QED) is 0.625. The molecule has 0 bridgehead atoms. The van der Waals surface area contributed by atoms with E-state index in [4.69, 9.17) is 0 Å². The van der Waals surface area contributed by atoms with Crippen molar-refractivity contribution in [1.82, 2.24) is 0 Å². The molecule has 2 nitrogen and oxygen atoms in total. The zero-order valence-electron chi connectivity index (χ0n) is 10.8. The number of ether oxygens (including phenoxy) is 1. The Hall–Kier alpha value is -2.49. The highest BCUT2D eigenvalue weighted by molar-refractivity contribution is 6.07. The van der Waals surface area contributed by atoms with Gasteiger partial charge in [0.25, 0.3) is 0 Å². The number of hydrogen-bond donors (Lipinski definition) is 0. The molecule has 0 aliphatic heterocycles. The fraction of sp³-hybridized carbons (Fsp3) is 0.0625. The summed E-state index contributed by atoms with van der Waals surface area (Å²) in [6.45, 7) is 0. The van der Waals surface area contributed by atoms with E-state index >= 15 is 0 Å². The summed E-state index contributed by atoms with van der Waals surface area (Å²) in [5.41, 5.74) is 0.478. The second kappa shape index (κ2) is 6.10. The maximum atomic E-state index is 13.7. The minimum Gasteiger partial charge on any atom is -0.494 e. The Bertz CT molecular complexity index is 649. The van der Waals surface area contributed by atoms with Crippen LogP contribution < -0.4 is 4.74 Å². The van der Waals surface area contributed by atoms with Crippen LogP contribution in [0, 0.1) is 11.6 Å². The zero-order chi connectivity index (χ0) is 14.5. The van der Waals surface area contributed by atoms with E-state index in [1.54, 1.807) is 18.2 Å². The van der Waals surface area contributed by atoms with Gasteiger partial charge in [-0.3, -0.25) is 4.79 Å². The van der Waals surface area contributed by atoms with Gasteiger partial charge in [0.1, 0.15) is 5.82 Å². The van der Waals surface area contributed by atoms with Crippen LogP contribution in [-0.2, 0) is 0 Å². The Morgan fingerprint density at radius 1 is 1.10 bits per heavy atom. The Morgan fingerprint density at radius 2 is 1.80 bits per heavy atom. The molecule has 2 rings (SSSR count). The van der Waals surface area contributed by atoms with Gasteiger partial charge in [-0.25, -0.2) is 8.78 Å². The molecular weight excluding hydrogens is 262 g/mol. The average molecular weight is 274 g/mol. The van der Waals surface area contributed by atoms with Gasteiger partial charge in [0, 0.05) is 6.07 Å². The standard InChI is InChI=1S/C16H12F2O2/c1-20-16-10-13(17)12(9-14(16)18)15(19)8-7-11-5-3-2-4-6-11/h2-10H,1H3. The number of benzene rings is 2. The van der Waals surface area contributed by atoms with Crippen molar-refractivity contribution in [2.45, 2.75) is 0 Å². The smallest absolute Gasteiger partial charge is 0.188 e. The summed E-state index contributed by atoms with van der Waals surface area (Å²) in [6.07, 6.45) is 2.75. The molecule has 0 unspecified atom stereocenters. The third-order valence-corrected chi connectivity index (χ3v) is 2.73. The van der Waals surface area contributed by atoms with E-state index in [9.17, 15) is 13.6 Å². The number of rotatable bonds is 4. The Labute approximate surface area is 115 Å². The van der Waals surface area contributed by atoms with Gasteiger partial charge in [0.2, 0.25) is 0 Å². The van der Waals surface area contributed by atoms with E-state index in [2.05, 4.69) is 4.74 Å². The Morgan fingerprint density at radius 3 is 2.45 bits per heavy atom. The van der Waals surface area contributed by atoms with E-state index in [1.165, 1.54) is 13.2 Å². The summed E-state index contributed by atoms with van der Waals surface area (Å²) < 4.78 is 31.8. The van der Waals surface area contributed by atoms with Crippen molar-refractivity contribution in [2.24, 2.45) is 0 Å². The van der Waals surface area contributed by atoms with Crippen LogP contribution in [-0.4, -0.2) is 12.9 Å². The molecule has 0 fully saturated rings. The summed E-state index contributed by atoms with van der Waals surface area (Å²) in [5, 5.41) is 0. The highest BCUT2D eigenvalue weighted by Gasteiger charge is 2.14. The third-order valence-electron chi connectivity index (χ3n) is 2.73. The van der Waals surface area contributed by atoms with Crippen molar-refractivity contribution >= 4 is 11.9 Å². The summed E-state index contributed by atoms with van der Waals surface area (Å²) >= 11 is 0. The average Bonchev–Trinajstić information content (AvgIpc) is 2.47. The van der Waals surface area contributed by atoms with E-state index in [-0.39, 0.29) is 11.3 Å². The van der Waals surface area contributed by atoms with Crippen LogP contribution >= 0.6 is 0 Å². The van der Waals surface area contributed by atoms with E-state index in [0.29, 0.717) is 0 Å². The molecular formula is C16H12F2O2. The molecule has 0 saturated carbocycles. The summed E-state index contributed by atoms with van der Waals surface area (Å²) in [5.74, 6) is -2.42. The zero-order valence-corrected chi connectivity index (χ0v) is 10.8. The van der Waals surface area contributed by atoms with Crippen molar-refractivity contribution in [1.29, 1.82) is 0 Å². The van der Waals surface area contributed by atoms with Crippen LogP contribution in [0.1, 0.15) is 15.9 Å². The fourth-order valence-corrected chi connectivity index (χ4v) is 1.70. The van der Waals surface area contributed by atoms with Gasteiger partial charge in [-0.1, -0.05) is 36.4 Å². The summed E-state index contributed by atoms with van der Waals surface area (Å²) in [4.78, 5) is 11.9. The van der Waals surface area contributed by atoms with Gasteiger partial charge in [-0.05, 0) is 17.7 Å². The van der Waals surface area contributed by atoms with Gasteiger partial charge in [-0.15, -0.1) is 0 Å². The highest BCUT2D eigenvalue weighted by Crippen LogP contribution is 2.22. The first kappa shape index (κ1) is 13.9. The lowest BCUT2D eigenvalue weighted by Gasteiger charge is -2.04. The molecule has 0 aliphatic rings. The lowest BCUT2D eigenvalue weighted by molar-refractivity contribution is 0.104. The second-order valence-electron chi connectivity index (χ2n) is 4.07. The molecule has 0 aromatic heterocycles. The van der Waals surface area contributed by atoms with Gasteiger partial charge in [0.15, 0.2) is 17.3 Å². The van der Waals surface area contributed by atoms with Crippen LogP contribution in [0.4, 0.5) is 8.78 Å². The topological polar surface area (TPSA) is 26.3 Å². The monoisotopic (exact) mass is 274 g/mol. The maximum Gasteiger partial charge on any atom is 0.188 e. The van der Waals surface area contributed by atoms with E-state index in [0.717, 1.165) is 17.7 Å². The summed E-state index contributed by atoms with van der Waals surface area (Å²) in [6, 6.07) is 10.8. The van der Waals surface area contributed by atoms with Crippen LogP contribution in [0.2, 0.25) is 0 Å². The highest BCUT2D eigenvalue weighted by atomic mass is 19.1. The summed E-state index contributed by atoms with van der Waals surface area (Å²) in [7, 11) is 1.23. The number of methoxy groups -OCH3 is 1. The van der Waals surface area contributed by atoms with Gasteiger partial charge >= 0.3 is 0 Å². The van der Waals surface area contributed by atoms with Crippen molar-refractivity contribution in [3.63, 3.8) is 0 Å². The minimum atomic E-state index is -0.814. The number of halogens is 2. The fourth-order valence-electron chi connectivity index (χ4n) is 1.70. The largest absolute Gasteiger partial charge is 0.494 e. The first-order chi connectivity index (χ1) is 9.61. The lowest BCUT2D eigenvalue weighted by Crippen LogP contribution is -2.01. The Balaban J connectivity index is 2.26. The number of ketones is 1. The second-order valence-corrected chi connectivity index (χ2v) is 4.07. The number of carbonyl (C=O) groups is 1. The predicted molar refractivity (Wildman–Crippen MR) is 72.7 cm³/mol. The molecule has 0 radical (unpaired) electrons. The molecule has 0 aliphatic carbocycles. The van der Waals surface area contributed by atoms with Crippen LogP contribution in [0.3, 0.4) is 0 Å². The van der Waals surface area contributed by atoms with Crippen LogP contribution in [0.15, 0.2) is 48.5 Å². The number of allylic oxidation sites excluding steroid dienone is 1. The molecule has 0 amide bonds. The van der Waals surface area contributed by atoms with Crippen molar-refractivity contribution < 1.29 is 18.3 Å². The molecule has 102 valence electrons. The molecule has 4 heteroatoms. The van der Waals surface area contributed by atoms with Crippen LogP contribution in [0.5, 0.6) is 5.75 Å². The maximum absolute atomic E-state index is 13.7. The van der Waals surface area contributed by atoms with Gasteiger partial charge in [-0.2, -0.15) is 0 Å². The normalized spacial score (nSPS) is 10.8. The van der Waals surface area contributed by atoms with Crippen molar-refractivity contribution in [2.75, 3.05) is 7.11 Å². The molecule has 20 heavy (non-hydrogen) atoms. The molecule has 2 aromatic rings. The van der Waals surface area contributed by atoms with Gasteiger partial charge in [0.05, 0.1) is 12.7 Å². The van der Waals surface area contributed by atoms with E-state index < -0.39 is 17.4 Å². The number of carbonyl (C=O) groups excluding carboxylic acids is 1. The molecule has 0 spiro atoms. The van der Waals surface area contributed by atoms with Crippen molar-refractivity contribution in [3.8, 4) is 5.75 Å². The molecule has 0 atom stereocenters. The predicted octanol–water partition coefficient (Wildman–Crippen LogP) is 3.87. The third kappa shape index (κ3) is 3.09. The molecule has 0 N–H and O–H groups in total. The Kier molecular flexibility index (Phi) is 4.25. The first-order valence-electron chi connectivity index (χ1n) is 5.92. The van der Waals surface area contributed by atoms with Crippen molar-refractivity contribution in [3.05, 3.63) is 71.3 Å².